The van der Waals surface area contributed by atoms with E-state index in [2.05, 4.69) is 10.3 Å². The molecule has 0 aliphatic heterocycles. The van der Waals surface area contributed by atoms with Crippen LogP contribution in [0, 0.1) is 6.92 Å². The van der Waals surface area contributed by atoms with E-state index in [-0.39, 0.29) is 18.7 Å². The Morgan fingerprint density at radius 2 is 1.51 bits per heavy atom. The van der Waals surface area contributed by atoms with Crippen molar-refractivity contribution in [3.63, 3.8) is 0 Å². The summed E-state index contributed by atoms with van der Waals surface area (Å²) in [6, 6.07) is 31.9. The largest absolute Gasteiger partial charge is 0.493 e. The van der Waals surface area contributed by atoms with Crippen LogP contribution in [0.25, 0.3) is 11.5 Å². The molecule has 5 rings (SSSR count). The van der Waals surface area contributed by atoms with Gasteiger partial charge in [0, 0.05) is 30.5 Å². The minimum absolute atomic E-state index is 0.0737. The summed E-state index contributed by atoms with van der Waals surface area (Å²) in [5, 5.41) is 12.1. The maximum absolute atomic E-state index is 13.1. The smallest absolute Gasteiger partial charge is 0.303 e. The molecule has 0 atom stereocenters. The molecule has 0 fully saturated rings. The summed E-state index contributed by atoms with van der Waals surface area (Å²) in [5.41, 5.74) is 3.62. The van der Waals surface area contributed by atoms with Crippen LogP contribution in [-0.2, 0) is 24.2 Å². The number of rotatable bonds is 13. The fourth-order valence-corrected chi connectivity index (χ4v) is 4.53. The average Bonchev–Trinajstić information content (AvgIpc) is 3.40. The molecule has 0 aliphatic rings. The maximum atomic E-state index is 13.1. The summed E-state index contributed by atoms with van der Waals surface area (Å²) in [6.07, 6.45) is 0.667. The van der Waals surface area contributed by atoms with Gasteiger partial charge in [-0.1, -0.05) is 54.6 Å². The van der Waals surface area contributed by atoms with Crippen LogP contribution in [0.5, 0.6) is 17.2 Å². The summed E-state index contributed by atoms with van der Waals surface area (Å²) < 4.78 is 17.8. The Kier molecular flexibility index (Phi) is 9.49. The lowest BCUT2D eigenvalue weighted by Gasteiger charge is -2.13. The van der Waals surface area contributed by atoms with Gasteiger partial charge in [0.1, 0.15) is 23.0 Å². The molecular formula is C35H32N2O6. The molecule has 0 bridgehead atoms. The number of para-hydroxylation sites is 1. The number of carboxylic acid groups (broad SMARTS) is 1. The third kappa shape index (κ3) is 8.10. The van der Waals surface area contributed by atoms with Crippen molar-refractivity contribution in [2.45, 2.75) is 32.7 Å². The normalized spacial score (nSPS) is 10.7. The Bertz CT molecular complexity index is 1660. The van der Waals surface area contributed by atoms with Gasteiger partial charge in [-0.25, -0.2) is 4.98 Å². The lowest BCUT2D eigenvalue weighted by atomic mass is 10.0. The van der Waals surface area contributed by atoms with Gasteiger partial charge in [0.25, 0.3) is 5.91 Å². The van der Waals surface area contributed by atoms with E-state index in [9.17, 15) is 9.59 Å². The van der Waals surface area contributed by atoms with Crippen molar-refractivity contribution in [1.82, 2.24) is 10.3 Å². The van der Waals surface area contributed by atoms with Crippen LogP contribution >= 0.6 is 0 Å². The first-order valence-electron chi connectivity index (χ1n) is 14.0. The van der Waals surface area contributed by atoms with E-state index < -0.39 is 5.97 Å². The number of aliphatic carboxylic acids is 1. The summed E-state index contributed by atoms with van der Waals surface area (Å²) in [4.78, 5) is 28.9. The van der Waals surface area contributed by atoms with Crippen molar-refractivity contribution in [3.05, 3.63) is 131 Å². The van der Waals surface area contributed by atoms with Gasteiger partial charge in [0.15, 0.2) is 0 Å². The summed E-state index contributed by atoms with van der Waals surface area (Å²) in [5.74, 6) is 2.00. The van der Waals surface area contributed by atoms with E-state index in [1.807, 2.05) is 91.9 Å². The van der Waals surface area contributed by atoms with Gasteiger partial charge >= 0.3 is 5.97 Å². The molecule has 0 aliphatic carbocycles. The number of aryl methyl sites for hydroxylation is 2. The SMILES string of the molecule is Cc1oc(-c2ccc(Oc3ccccc3)cc2)nc1CCOc1ccc(CCC(=O)O)c(C(=O)NCc2ccccc2)c1. The molecule has 4 aromatic carbocycles. The van der Waals surface area contributed by atoms with Crippen LogP contribution in [0.1, 0.15) is 39.4 Å². The number of carbonyl (C=O) groups excluding carboxylic acids is 1. The van der Waals surface area contributed by atoms with Crippen molar-refractivity contribution in [3.8, 4) is 28.7 Å². The van der Waals surface area contributed by atoms with Crippen LogP contribution in [0.3, 0.4) is 0 Å². The summed E-state index contributed by atoms with van der Waals surface area (Å²) >= 11 is 0. The Labute approximate surface area is 249 Å². The highest BCUT2D eigenvalue weighted by molar-refractivity contribution is 5.96. The number of hydrogen-bond donors (Lipinski definition) is 2. The Hall–Kier alpha value is -5.37. The number of oxazole rings is 1. The summed E-state index contributed by atoms with van der Waals surface area (Å²) in [6.45, 7) is 2.54. The molecule has 5 aromatic rings. The minimum atomic E-state index is -0.921. The highest BCUT2D eigenvalue weighted by atomic mass is 16.5. The second-order valence-corrected chi connectivity index (χ2v) is 9.94. The van der Waals surface area contributed by atoms with Crippen molar-refractivity contribution in [1.29, 1.82) is 0 Å². The molecular weight excluding hydrogens is 544 g/mol. The molecule has 8 heteroatoms. The molecule has 8 nitrogen and oxygen atoms in total. The van der Waals surface area contributed by atoms with Crippen LogP contribution in [0.4, 0.5) is 0 Å². The van der Waals surface area contributed by atoms with E-state index in [0.717, 1.165) is 22.6 Å². The number of ether oxygens (including phenoxy) is 2. The predicted octanol–water partition coefficient (Wildman–Crippen LogP) is 7.01. The highest BCUT2D eigenvalue weighted by Crippen LogP contribution is 2.27. The molecule has 0 radical (unpaired) electrons. The van der Waals surface area contributed by atoms with Crippen molar-refractivity contribution >= 4 is 11.9 Å². The first-order chi connectivity index (χ1) is 20.9. The molecule has 218 valence electrons. The van der Waals surface area contributed by atoms with E-state index >= 15 is 0 Å². The van der Waals surface area contributed by atoms with E-state index in [0.29, 0.717) is 53.8 Å². The molecule has 0 saturated heterocycles. The second-order valence-electron chi connectivity index (χ2n) is 9.94. The Morgan fingerprint density at radius 3 is 2.23 bits per heavy atom. The van der Waals surface area contributed by atoms with Gasteiger partial charge in [0.2, 0.25) is 5.89 Å². The average molecular weight is 577 g/mol. The fraction of sp³-hybridized carbons (Fsp3) is 0.171. The van der Waals surface area contributed by atoms with Crippen LogP contribution in [0.2, 0.25) is 0 Å². The first-order valence-corrected chi connectivity index (χ1v) is 14.0. The topological polar surface area (TPSA) is 111 Å². The second kappa shape index (κ2) is 14.0. The van der Waals surface area contributed by atoms with Crippen molar-refractivity contribution in [2.24, 2.45) is 0 Å². The van der Waals surface area contributed by atoms with Crippen LogP contribution in [-0.4, -0.2) is 28.6 Å². The van der Waals surface area contributed by atoms with Crippen LogP contribution < -0.4 is 14.8 Å². The first kappa shape index (κ1) is 29.1. The van der Waals surface area contributed by atoms with Gasteiger partial charge < -0.3 is 24.3 Å². The minimum Gasteiger partial charge on any atom is -0.493 e. The summed E-state index contributed by atoms with van der Waals surface area (Å²) in [7, 11) is 0. The Balaban J connectivity index is 1.21. The third-order valence-electron chi connectivity index (χ3n) is 6.81. The zero-order valence-corrected chi connectivity index (χ0v) is 23.8. The molecule has 2 N–H and O–H groups in total. The monoisotopic (exact) mass is 576 g/mol. The molecule has 1 aromatic heterocycles. The number of carbonyl (C=O) groups is 2. The molecule has 43 heavy (non-hydrogen) atoms. The van der Waals surface area contributed by atoms with Crippen molar-refractivity contribution in [2.75, 3.05) is 6.61 Å². The standard InChI is InChI=1S/C35H32N2O6/c1-24-32(37-35(42-24)27-13-16-29(17-14-27)43-28-10-6-3-7-11-28)20-21-41-30-18-12-26(15-19-33(38)39)31(22-30)34(40)36-23-25-8-4-2-5-9-25/h2-14,16-18,22H,15,19-21,23H2,1H3,(H,36,40)(H,38,39). The van der Waals surface area contributed by atoms with Gasteiger partial charge in [-0.3, -0.25) is 9.59 Å². The van der Waals surface area contributed by atoms with Gasteiger partial charge in [-0.15, -0.1) is 0 Å². The van der Waals surface area contributed by atoms with E-state index in [1.165, 1.54) is 0 Å². The fourth-order valence-electron chi connectivity index (χ4n) is 4.53. The molecule has 1 heterocycles. The lowest BCUT2D eigenvalue weighted by Crippen LogP contribution is -2.24. The number of carboxylic acids is 1. The lowest BCUT2D eigenvalue weighted by molar-refractivity contribution is -0.136. The molecule has 0 unspecified atom stereocenters. The number of amides is 1. The van der Waals surface area contributed by atoms with Crippen LogP contribution in [0.15, 0.2) is 108 Å². The zero-order chi connectivity index (χ0) is 30.0. The van der Waals surface area contributed by atoms with Gasteiger partial charge in [-0.2, -0.15) is 0 Å². The molecule has 0 saturated carbocycles. The van der Waals surface area contributed by atoms with E-state index in [1.54, 1.807) is 18.2 Å². The number of nitrogens with zero attached hydrogens (tertiary/aromatic N) is 1. The number of nitrogens with one attached hydrogen (secondary N) is 1. The van der Waals surface area contributed by atoms with E-state index in [4.69, 9.17) is 19.0 Å². The highest BCUT2D eigenvalue weighted by Gasteiger charge is 2.16. The quantitative estimate of drug-likeness (QED) is 0.155. The van der Waals surface area contributed by atoms with Gasteiger partial charge in [-0.05, 0) is 73.0 Å². The third-order valence-corrected chi connectivity index (χ3v) is 6.81. The zero-order valence-electron chi connectivity index (χ0n) is 23.8. The molecule has 0 spiro atoms. The number of hydrogen-bond acceptors (Lipinski definition) is 6. The number of benzene rings is 4. The Morgan fingerprint density at radius 1 is 0.837 bits per heavy atom. The van der Waals surface area contributed by atoms with Crippen molar-refractivity contribution < 1.29 is 28.6 Å². The molecule has 1 amide bonds. The van der Waals surface area contributed by atoms with Gasteiger partial charge in [0.05, 0.1) is 12.3 Å². The number of aromatic nitrogens is 1. The maximum Gasteiger partial charge on any atom is 0.303 e. The predicted molar refractivity (Wildman–Crippen MR) is 162 cm³/mol.